The smallest absolute Gasteiger partial charge is 0.290 e. The van der Waals surface area contributed by atoms with Crippen LogP contribution < -0.4 is 0 Å². The molecule has 6 nitrogen and oxygen atoms in total. The van der Waals surface area contributed by atoms with Crippen LogP contribution in [0.1, 0.15) is 40.3 Å². The highest BCUT2D eigenvalue weighted by atomic mass is 16.5. The Hall–Kier alpha value is -2.18. The molecule has 1 saturated heterocycles. The highest BCUT2D eigenvalue weighted by Gasteiger charge is 2.26. The Morgan fingerprint density at radius 2 is 2.21 bits per heavy atom. The first-order chi connectivity index (χ1) is 11.7. The van der Waals surface area contributed by atoms with E-state index in [0.29, 0.717) is 18.8 Å². The number of ether oxygens (including phenoxy) is 1. The topological polar surface area (TPSA) is 75.8 Å². The van der Waals surface area contributed by atoms with Crippen LogP contribution in [-0.2, 0) is 17.9 Å². The van der Waals surface area contributed by atoms with Crippen LogP contribution in [0.3, 0.4) is 0 Å². The Balaban J connectivity index is 1.81. The summed E-state index contributed by atoms with van der Waals surface area (Å²) in [6.45, 7) is 3.33. The number of hydrogen-bond acceptors (Lipinski definition) is 5. The third kappa shape index (κ3) is 3.83. The largest absolute Gasteiger partial charge is 0.453 e. The van der Waals surface area contributed by atoms with E-state index in [2.05, 4.69) is 4.98 Å². The molecule has 1 amide bonds. The van der Waals surface area contributed by atoms with Crippen LogP contribution in [0.15, 0.2) is 35.0 Å². The van der Waals surface area contributed by atoms with E-state index < -0.39 is 0 Å². The second-order valence-electron chi connectivity index (χ2n) is 6.06. The van der Waals surface area contributed by atoms with Crippen LogP contribution in [0.25, 0.3) is 0 Å². The summed E-state index contributed by atoms with van der Waals surface area (Å²) in [7, 11) is 0. The van der Waals surface area contributed by atoms with Crippen molar-refractivity contribution < 1.29 is 19.1 Å². The number of aryl methyl sites for hydroxylation is 1. The van der Waals surface area contributed by atoms with Crippen LogP contribution in [0.4, 0.5) is 0 Å². The maximum Gasteiger partial charge on any atom is 0.290 e. The van der Waals surface area contributed by atoms with Gasteiger partial charge in [0, 0.05) is 37.7 Å². The minimum Gasteiger partial charge on any atom is -0.453 e. The minimum absolute atomic E-state index is 0.0587. The van der Waals surface area contributed by atoms with Gasteiger partial charge in [0.2, 0.25) is 0 Å². The minimum atomic E-state index is -0.218. The summed E-state index contributed by atoms with van der Waals surface area (Å²) >= 11 is 0. The zero-order chi connectivity index (χ0) is 16.9. The lowest BCUT2D eigenvalue weighted by atomic mass is 10.1. The Labute approximate surface area is 141 Å². The van der Waals surface area contributed by atoms with Crippen molar-refractivity contribution in [2.45, 2.75) is 39.0 Å². The summed E-state index contributed by atoms with van der Waals surface area (Å²) in [5, 5.41) is 9.22. The second-order valence-corrected chi connectivity index (χ2v) is 6.06. The lowest BCUT2D eigenvalue weighted by Gasteiger charge is -2.25. The van der Waals surface area contributed by atoms with Crippen LogP contribution in [0, 0.1) is 6.92 Å². The molecule has 3 rings (SSSR count). The van der Waals surface area contributed by atoms with E-state index >= 15 is 0 Å². The highest BCUT2D eigenvalue weighted by molar-refractivity contribution is 5.93. The van der Waals surface area contributed by atoms with Crippen LogP contribution in [-0.4, -0.2) is 40.2 Å². The maximum absolute atomic E-state index is 13.0. The number of furan rings is 1. The van der Waals surface area contributed by atoms with Crippen LogP contribution in [0.2, 0.25) is 0 Å². The molecular formula is C18H22N2O4. The van der Waals surface area contributed by atoms with Gasteiger partial charge in [-0.15, -0.1) is 0 Å². The van der Waals surface area contributed by atoms with E-state index in [4.69, 9.17) is 9.15 Å². The van der Waals surface area contributed by atoms with Crippen molar-refractivity contribution in [1.82, 2.24) is 9.88 Å². The number of carbonyl (C=O) groups is 1. The Kier molecular flexibility index (Phi) is 5.27. The number of nitrogens with zero attached hydrogens (tertiary/aromatic N) is 2. The number of pyridine rings is 1. The van der Waals surface area contributed by atoms with Gasteiger partial charge in [-0.1, -0.05) is 0 Å². The summed E-state index contributed by atoms with van der Waals surface area (Å²) in [5.41, 5.74) is 1.74. The van der Waals surface area contributed by atoms with E-state index in [1.54, 1.807) is 23.4 Å². The van der Waals surface area contributed by atoms with Gasteiger partial charge >= 0.3 is 0 Å². The number of aliphatic hydroxyl groups is 1. The molecule has 0 aromatic carbocycles. The van der Waals surface area contributed by atoms with Gasteiger partial charge in [-0.2, -0.15) is 0 Å². The molecule has 1 N–H and O–H groups in total. The lowest BCUT2D eigenvalue weighted by molar-refractivity contribution is 0.0480. The van der Waals surface area contributed by atoms with Crippen molar-refractivity contribution in [2.75, 3.05) is 13.2 Å². The van der Waals surface area contributed by atoms with E-state index in [9.17, 15) is 9.90 Å². The van der Waals surface area contributed by atoms with Gasteiger partial charge < -0.3 is 19.2 Å². The van der Waals surface area contributed by atoms with Crippen molar-refractivity contribution in [3.63, 3.8) is 0 Å². The number of carbonyl (C=O) groups excluding carboxylic acids is 1. The van der Waals surface area contributed by atoms with Gasteiger partial charge in [-0.3, -0.25) is 9.78 Å². The standard InChI is InChI=1S/C18H22N2O4/c1-13-9-16(12-21)24-17(13)18(22)20(11-15-3-2-8-23-15)10-14-4-6-19-7-5-14/h4-7,9,15,21H,2-3,8,10-12H2,1H3/t15-/m1/s1. The predicted molar refractivity (Wildman–Crippen MR) is 87.3 cm³/mol. The molecule has 1 atom stereocenters. The van der Waals surface area contributed by atoms with Crippen molar-refractivity contribution in [2.24, 2.45) is 0 Å². The average molecular weight is 330 g/mol. The number of amides is 1. The SMILES string of the molecule is Cc1cc(CO)oc1C(=O)N(Cc1ccncc1)C[C@H]1CCCO1. The molecular weight excluding hydrogens is 308 g/mol. The molecule has 0 radical (unpaired) electrons. The first kappa shape index (κ1) is 16.7. The number of hydrogen-bond donors (Lipinski definition) is 1. The molecule has 2 aromatic heterocycles. The fourth-order valence-corrected chi connectivity index (χ4v) is 2.94. The van der Waals surface area contributed by atoms with Gasteiger partial charge in [0.05, 0.1) is 6.10 Å². The molecule has 3 heterocycles. The molecule has 24 heavy (non-hydrogen) atoms. The Morgan fingerprint density at radius 3 is 2.83 bits per heavy atom. The fourth-order valence-electron chi connectivity index (χ4n) is 2.94. The normalized spacial score (nSPS) is 17.2. The highest BCUT2D eigenvalue weighted by Crippen LogP contribution is 2.21. The van der Waals surface area contributed by atoms with E-state index in [0.717, 1.165) is 30.6 Å². The number of aromatic nitrogens is 1. The van der Waals surface area contributed by atoms with Gasteiger partial charge in [0.25, 0.3) is 5.91 Å². The molecule has 0 unspecified atom stereocenters. The molecule has 0 saturated carbocycles. The molecule has 2 aromatic rings. The quantitative estimate of drug-likeness (QED) is 0.879. The summed E-state index contributed by atoms with van der Waals surface area (Å²) in [5.74, 6) is 0.502. The van der Waals surface area contributed by atoms with Crippen molar-refractivity contribution in [3.8, 4) is 0 Å². The van der Waals surface area contributed by atoms with Crippen molar-refractivity contribution in [1.29, 1.82) is 0 Å². The van der Waals surface area contributed by atoms with E-state index in [-0.39, 0.29) is 24.4 Å². The third-order valence-corrected chi connectivity index (χ3v) is 4.18. The molecule has 1 aliphatic heterocycles. The van der Waals surface area contributed by atoms with Crippen LogP contribution in [0.5, 0.6) is 0 Å². The van der Waals surface area contributed by atoms with Gasteiger partial charge in [0.15, 0.2) is 5.76 Å². The first-order valence-electron chi connectivity index (χ1n) is 8.17. The van der Waals surface area contributed by atoms with Gasteiger partial charge in [0.1, 0.15) is 12.4 Å². The van der Waals surface area contributed by atoms with Crippen LogP contribution >= 0.6 is 0 Å². The zero-order valence-corrected chi connectivity index (χ0v) is 13.8. The van der Waals surface area contributed by atoms with Gasteiger partial charge in [-0.25, -0.2) is 0 Å². The number of rotatable bonds is 6. The molecule has 6 heteroatoms. The van der Waals surface area contributed by atoms with E-state index in [1.165, 1.54) is 0 Å². The summed E-state index contributed by atoms with van der Waals surface area (Å²) < 4.78 is 11.2. The third-order valence-electron chi connectivity index (χ3n) is 4.18. The predicted octanol–water partition coefficient (Wildman–Crippen LogP) is 2.30. The average Bonchev–Trinajstić information content (AvgIpc) is 3.24. The summed E-state index contributed by atoms with van der Waals surface area (Å²) in [6, 6.07) is 5.48. The van der Waals surface area contributed by atoms with Gasteiger partial charge in [-0.05, 0) is 43.5 Å². The second kappa shape index (κ2) is 7.59. The first-order valence-corrected chi connectivity index (χ1v) is 8.17. The molecule has 0 aliphatic carbocycles. The zero-order valence-electron chi connectivity index (χ0n) is 13.8. The Bertz CT molecular complexity index is 678. The lowest BCUT2D eigenvalue weighted by Crippen LogP contribution is -2.37. The summed E-state index contributed by atoms with van der Waals surface area (Å²) in [6.07, 6.45) is 5.47. The molecule has 1 fully saturated rings. The molecule has 0 bridgehead atoms. The number of aliphatic hydroxyl groups excluding tert-OH is 1. The molecule has 128 valence electrons. The maximum atomic E-state index is 13.0. The van der Waals surface area contributed by atoms with E-state index in [1.807, 2.05) is 19.1 Å². The van der Waals surface area contributed by atoms with Crippen molar-refractivity contribution >= 4 is 5.91 Å². The van der Waals surface area contributed by atoms with Crippen molar-refractivity contribution in [3.05, 3.63) is 53.2 Å². The molecule has 1 aliphatic rings. The monoisotopic (exact) mass is 330 g/mol. The fraction of sp³-hybridized carbons (Fsp3) is 0.444. The molecule has 0 spiro atoms. The Morgan fingerprint density at radius 1 is 1.42 bits per heavy atom. The summed E-state index contributed by atoms with van der Waals surface area (Å²) in [4.78, 5) is 18.7.